The maximum atomic E-state index is 13.8. The second-order valence-corrected chi connectivity index (χ2v) is 6.16. The number of hydrogen-bond donors (Lipinski definition) is 2. The molecule has 2 aromatic rings. The molecule has 23 heavy (non-hydrogen) atoms. The Hall–Kier alpha value is -2.15. The molecule has 0 unspecified atom stereocenters. The average Bonchev–Trinajstić information content (AvgIpc) is 2.95. The molecule has 5 nitrogen and oxygen atoms in total. The first-order chi connectivity index (χ1) is 11.1. The average molecular weight is 336 g/mol. The normalized spacial score (nSPS) is 11.4. The van der Waals surface area contributed by atoms with Crippen molar-refractivity contribution in [1.29, 1.82) is 0 Å². The van der Waals surface area contributed by atoms with E-state index in [0.29, 0.717) is 25.7 Å². The number of benzene rings is 1. The number of guanidine groups is 1. The van der Waals surface area contributed by atoms with E-state index in [-0.39, 0.29) is 11.6 Å². The van der Waals surface area contributed by atoms with Crippen LogP contribution in [-0.4, -0.2) is 24.6 Å². The third-order valence-corrected chi connectivity index (χ3v) is 3.97. The van der Waals surface area contributed by atoms with Crippen LogP contribution < -0.4 is 15.4 Å². The van der Waals surface area contributed by atoms with Gasteiger partial charge in [0.25, 0.3) is 0 Å². The molecule has 2 rings (SSSR count). The van der Waals surface area contributed by atoms with Crippen LogP contribution in [0, 0.1) is 12.7 Å². The van der Waals surface area contributed by atoms with Crippen molar-refractivity contribution >= 4 is 17.3 Å². The summed E-state index contributed by atoms with van der Waals surface area (Å²) < 4.78 is 19.0. The molecule has 0 aliphatic rings. The van der Waals surface area contributed by atoms with Gasteiger partial charge in [-0.05, 0) is 31.5 Å². The molecule has 0 bridgehead atoms. The maximum absolute atomic E-state index is 13.8. The molecule has 0 saturated heterocycles. The molecule has 2 N–H and O–H groups in total. The highest BCUT2D eigenvalue weighted by Crippen LogP contribution is 2.18. The molecule has 0 aliphatic heterocycles. The van der Waals surface area contributed by atoms with Crippen LogP contribution in [0.3, 0.4) is 0 Å². The van der Waals surface area contributed by atoms with Crippen LogP contribution in [0.25, 0.3) is 0 Å². The molecule has 0 atom stereocenters. The molecule has 1 heterocycles. The predicted molar refractivity (Wildman–Crippen MR) is 91.5 cm³/mol. The molecule has 1 aromatic heterocycles. The maximum Gasteiger partial charge on any atom is 0.191 e. The van der Waals surface area contributed by atoms with E-state index in [9.17, 15) is 4.39 Å². The standard InChI is InChI=1S/C16H21FN4OS/c1-4-22-14-6-5-12(7-13(14)17)9-20-16(18-3)21-10-15-19-8-11(2)23-15/h5-8H,4,9-10H2,1-3H3,(H2,18,20,21). The molecular formula is C16H21FN4OS. The Bertz CT molecular complexity index is 672. The highest BCUT2D eigenvalue weighted by atomic mass is 32.1. The summed E-state index contributed by atoms with van der Waals surface area (Å²) in [5.41, 5.74) is 0.819. The van der Waals surface area contributed by atoms with Gasteiger partial charge >= 0.3 is 0 Å². The van der Waals surface area contributed by atoms with E-state index in [2.05, 4.69) is 20.6 Å². The van der Waals surface area contributed by atoms with Crippen molar-refractivity contribution in [3.63, 3.8) is 0 Å². The van der Waals surface area contributed by atoms with Crippen molar-refractivity contribution in [3.8, 4) is 5.75 Å². The summed E-state index contributed by atoms with van der Waals surface area (Å²) in [6.45, 7) is 5.38. The van der Waals surface area contributed by atoms with Crippen LogP contribution in [0.5, 0.6) is 5.75 Å². The van der Waals surface area contributed by atoms with E-state index in [0.717, 1.165) is 10.6 Å². The summed E-state index contributed by atoms with van der Waals surface area (Å²) in [6, 6.07) is 4.94. The van der Waals surface area contributed by atoms with Crippen LogP contribution in [0.1, 0.15) is 22.4 Å². The van der Waals surface area contributed by atoms with Gasteiger partial charge in [-0.25, -0.2) is 9.37 Å². The molecular weight excluding hydrogens is 315 g/mol. The van der Waals surface area contributed by atoms with Crippen LogP contribution >= 0.6 is 11.3 Å². The summed E-state index contributed by atoms with van der Waals surface area (Å²) >= 11 is 1.64. The van der Waals surface area contributed by atoms with Gasteiger partial charge in [0.1, 0.15) is 5.01 Å². The number of nitrogens with zero attached hydrogens (tertiary/aromatic N) is 2. The Morgan fingerprint density at radius 3 is 2.74 bits per heavy atom. The summed E-state index contributed by atoms with van der Waals surface area (Å²) in [5.74, 6) is 0.567. The van der Waals surface area contributed by atoms with Gasteiger partial charge in [-0.3, -0.25) is 4.99 Å². The first-order valence-electron chi connectivity index (χ1n) is 7.39. The van der Waals surface area contributed by atoms with Gasteiger partial charge in [-0.1, -0.05) is 6.07 Å². The number of halogens is 1. The number of ether oxygens (including phenoxy) is 1. The largest absolute Gasteiger partial charge is 0.491 e. The van der Waals surface area contributed by atoms with Gasteiger partial charge in [0.2, 0.25) is 0 Å². The predicted octanol–water partition coefficient (Wildman–Crippen LogP) is 2.85. The zero-order chi connectivity index (χ0) is 16.7. The quantitative estimate of drug-likeness (QED) is 0.629. The van der Waals surface area contributed by atoms with E-state index in [4.69, 9.17) is 4.74 Å². The van der Waals surface area contributed by atoms with E-state index in [1.54, 1.807) is 24.5 Å². The molecule has 0 aliphatic carbocycles. The van der Waals surface area contributed by atoms with Gasteiger partial charge in [0, 0.05) is 24.7 Å². The summed E-state index contributed by atoms with van der Waals surface area (Å²) in [5, 5.41) is 7.33. The lowest BCUT2D eigenvalue weighted by Gasteiger charge is -2.12. The molecule has 0 fully saturated rings. The first-order valence-corrected chi connectivity index (χ1v) is 8.21. The summed E-state index contributed by atoms with van der Waals surface area (Å²) in [7, 11) is 1.70. The lowest BCUT2D eigenvalue weighted by Crippen LogP contribution is -2.36. The Labute approximate surface area is 139 Å². The molecule has 0 saturated carbocycles. The number of thiazole rings is 1. The Morgan fingerprint density at radius 1 is 1.35 bits per heavy atom. The van der Waals surface area contributed by atoms with Crippen LogP contribution in [-0.2, 0) is 13.1 Å². The minimum absolute atomic E-state index is 0.276. The number of aromatic nitrogens is 1. The summed E-state index contributed by atoms with van der Waals surface area (Å²) in [6.07, 6.45) is 1.85. The third kappa shape index (κ3) is 5.21. The Morgan fingerprint density at radius 2 is 2.13 bits per heavy atom. The number of aliphatic imine (C=N–C) groups is 1. The minimum atomic E-state index is -0.354. The van der Waals surface area contributed by atoms with Crippen molar-refractivity contribution < 1.29 is 9.13 Å². The van der Waals surface area contributed by atoms with E-state index in [1.165, 1.54) is 10.9 Å². The van der Waals surface area contributed by atoms with Crippen molar-refractivity contribution in [2.45, 2.75) is 26.9 Å². The zero-order valence-electron chi connectivity index (χ0n) is 13.5. The lowest BCUT2D eigenvalue weighted by molar-refractivity contribution is 0.321. The minimum Gasteiger partial charge on any atom is -0.491 e. The van der Waals surface area contributed by atoms with Gasteiger partial charge in [-0.2, -0.15) is 0 Å². The van der Waals surface area contributed by atoms with Crippen molar-refractivity contribution in [1.82, 2.24) is 15.6 Å². The van der Waals surface area contributed by atoms with Crippen molar-refractivity contribution in [2.24, 2.45) is 4.99 Å². The zero-order valence-corrected chi connectivity index (χ0v) is 14.3. The van der Waals surface area contributed by atoms with Crippen LogP contribution in [0.4, 0.5) is 4.39 Å². The number of hydrogen-bond acceptors (Lipinski definition) is 4. The fourth-order valence-electron chi connectivity index (χ4n) is 1.98. The number of aryl methyl sites for hydroxylation is 1. The Balaban J connectivity index is 1.86. The Kier molecular flexibility index (Phi) is 6.34. The second-order valence-electron chi connectivity index (χ2n) is 4.84. The molecule has 7 heteroatoms. The lowest BCUT2D eigenvalue weighted by atomic mass is 10.2. The summed E-state index contributed by atoms with van der Waals surface area (Å²) in [4.78, 5) is 9.61. The van der Waals surface area contributed by atoms with Crippen molar-refractivity contribution in [2.75, 3.05) is 13.7 Å². The highest BCUT2D eigenvalue weighted by Gasteiger charge is 2.06. The van der Waals surface area contributed by atoms with Crippen LogP contribution in [0.15, 0.2) is 29.4 Å². The van der Waals surface area contributed by atoms with Crippen LogP contribution in [0.2, 0.25) is 0 Å². The SMILES string of the molecule is CCOc1ccc(CNC(=NC)NCc2ncc(C)s2)cc1F. The highest BCUT2D eigenvalue weighted by molar-refractivity contribution is 7.11. The fraction of sp³-hybridized carbons (Fsp3) is 0.375. The van der Waals surface area contributed by atoms with Crippen molar-refractivity contribution in [3.05, 3.63) is 45.7 Å². The number of rotatable bonds is 6. The fourth-order valence-corrected chi connectivity index (χ4v) is 2.70. The number of nitrogens with one attached hydrogen (secondary N) is 2. The second kappa shape index (κ2) is 8.47. The van der Waals surface area contributed by atoms with Gasteiger partial charge < -0.3 is 15.4 Å². The first kappa shape index (κ1) is 17.2. The van der Waals surface area contributed by atoms with Gasteiger partial charge in [0.15, 0.2) is 17.5 Å². The molecule has 0 radical (unpaired) electrons. The topological polar surface area (TPSA) is 58.5 Å². The van der Waals surface area contributed by atoms with E-state index in [1.807, 2.05) is 26.1 Å². The van der Waals surface area contributed by atoms with Gasteiger partial charge in [-0.15, -0.1) is 11.3 Å². The van der Waals surface area contributed by atoms with Gasteiger partial charge in [0.05, 0.1) is 13.2 Å². The third-order valence-electron chi connectivity index (χ3n) is 3.06. The monoisotopic (exact) mass is 336 g/mol. The molecule has 124 valence electrons. The molecule has 1 aromatic carbocycles. The van der Waals surface area contributed by atoms with E-state index < -0.39 is 0 Å². The smallest absolute Gasteiger partial charge is 0.191 e. The molecule has 0 amide bonds. The molecule has 0 spiro atoms. The van der Waals surface area contributed by atoms with E-state index >= 15 is 0 Å².